The highest BCUT2D eigenvalue weighted by Crippen LogP contribution is 2.33. The summed E-state index contributed by atoms with van der Waals surface area (Å²) < 4.78 is 0. The van der Waals surface area contributed by atoms with Crippen LogP contribution in [0.2, 0.25) is 0 Å². The highest BCUT2D eigenvalue weighted by Gasteiger charge is 2.39. The zero-order valence-corrected chi connectivity index (χ0v) is 16.4. The molecule has 4 rings (SSSR count). The van der Waals surface area contributed by atoms with Gasteiger partial charge in [-0.15, -0.1) is 0 Å². The standard InChI is InChI=1S/C22H37N3O/c26-22-7-6-20-17-24(16-19-8-12-23-13-9-19)14-11-21(20)25(22)15-10-18-4-2-1-3-5-18/h4,19-21,23H,1-3,5-17H2/t20-,21+/m1/s1. The average Bonchev–Trinajstić information content (AvgIpc) is 2.69. The lowest BCUT2D eigenvalue weighted by molar-refractivity contribution is -0.141. The molecule has 0 bridgehead atoms. The van der Waals surface area contributed by atoms with Gasteiger partial charge in [0.05, 0.1) is 0 Å². The van der Waals surface area contributed by atoms with Gasteiger partial charge in [0, 0.05) is 38.6 Å². The van der Waals surface area contributed by atoms with Gasteiger partial charge in [0.2, 0.25) is 5.91 Å². The van der Waals surface area contributed by atoms with Crippen LogP contribution in [0.25, 0.3) is 0 Å². The van der Waals surface area contributed by atoms with Crippen molar-refractivity contribution in [3.8, 4) is 0 Å². The van der Waals surface area contributed by atoms with E-state index >= 15 is 0 Å². The van der Waals surface area contributed by atoms with Gasteiger partial charge in [0.1, 0.15) is 0 Å². The quantitative estimate of drug-likeness (QED) is 0.766. The first kappa shape index (κ1) is 18.5. The van der Waals surface area contributed by atoms with E-state index in [1.165, 1.54) is 77.7 Å². The van der Waals surface area contributed by atoms with Gasteiger partial charge in [-0.25, -0.2) is 0 Å². The van der Waals surface area contributed by atoms with Gasteiger partial charge in [-0.1, -0.05) is 11.6 Å². The average molecular weight is 360 g/mol. The van der Waals surface area contributed by atoms with Gasteiger partial charge in [0.25, 0.3) is 0 Å². The number of piperidine rings is 3. The molecule has 4 heteroatoms. The van der Waals surface area contributed by atoms with Crippen LogP contribution in [0, 0.1) is 11.8 Å². The van der Waals surface area contributed by atoms with E-state index in [0.29, 0.717) is 17.9 Å². The fourth-order valence-corrected chi connectivity index (χ4v) is 5.71. The maximum atomic E-state index is 12.6. The number of hydrogen-bond donors (Lipinski definition) is 1. The topological polar surface area (TPSA) is 35.6 Å². The van der Waals surface area contributed by atoms with E-state index in [9.17, 15) is 4.79 Å². The van der Waals surface area contributed by atoms with Crippen molar-refractivity contribution in [2.45, 2.75) is 70.3 Å². The van der Waals surface area contributed by atoms with E-state index in [4.69, 9.17) is 0 Å². The molecule has 3 heterocycles. The number of carbonyl (C=O) groups excluding carboxylic acids is 1. The number of nitrogens with zero attached hydrogens (tertiary/aromatic N) is 2. The molecule has 3 fully saturated rings. The second-order valence-corrected chi connectivity index (χ2v) is 9.05. The summed E-state index contributed by atoms with van der Waals surface area (Å²) in [5.41, 5.74) is 1.61. The van der Waals surface area contributed by atoms with Gasteiger partial charge in [0.15, 0.2) is 0 Å². The first-order valence-electron chi connectivity index (χ1n) is 11.2. The molecule has 4 nitrogen and oxygen atoms in total. The second-order valence-electron chi connectivity index (χ2n) is 9.05. The molecule has 0 unspecified atom stereocenters. The molecule has 4 aliphatic rings. The molecule has 1 aliphatic carbocycles. The Bertz CT molecular complexity index is 512. The summed E-state index contributed by atoms with van der Waals surface area (Å²) in [5, 5.41) is 3.48. The normalized spacial score (nSPS) is 31.6. The summed E-state index contributed by atoms with van der Waals surface area (Å²) in [7, 11) is 0. The third-order valence-electron chi connectivity index (χ3n) is 7.26. The Labute approximate surface area is 159 Å². The van der Waals surface area contributed by atoms with Crippen molar-refractivity contribution in [3.05, 3.63) is 11.6 Å². The van der Waals surface area contributed by atoms with Crippen molar-refractivity contribution in [1.29, 1.82) is 0 Å². The second kappa shape index (κ2) is 8.88. The smallest absolute Gasteiger partial charge is 0.222 e. The number of allylic oxidation sites excluding steroid dienone is 1. The lowest BCUT2D eigenvalue weighted by Crippen LogP contribution is -2.56. The van der Waals surface area contributed by atoms with Gasteiger partial charge < -0.3 is 15.1 Å². The zero-order valence-electron chi connectivity index (χ0n) is 16.4. The minimum Gasteiger partial charge on any atom is -0.339 e. The molecule has 26 heavy (non-hydrogen) atoms. The molecule has 0 aromatic heterocycles. The highest BCUT2D eigenvalue weighted by atomic mass is 16.2. The summed E-state index contributed by atoms with van der Waals surface area (Å²) in [6.07, 6.45) is 14.5. The maximum absolute atomic E-state index is 12.6. The minimum absolute atomic E-state index is 0.425. The Morgan fingerprint density at radius 3 is 2.77 bits per heavy atom. The van der Waals surface area contributed by atoms with Crippen molar-refractivity contribution >= 4 is 5.91 Å². The van der Waals surface area contributed by atoms with Crippen LogP contribution in [0.3, 0.4) is 0 Å². The summed E-state index contributed by atoms with van der Waals surface area (Å²) in [4.78, 5) is 17.6. The van der Waals surface area contributed by atoms with Gasteiger partial charge in [-0.3, -0.25) is 4.79 Å². The number of fused-ring (bicyclic) bond motifs is 1. The fraction of sp³-hybridized carbons (Fsp3) is 0.864. The minimum atomic E-state index is 0.425. The molecule has 1 amide bonds. The number of nitrogens with one attached hydrogen (secondary N) is 1. The molecule has 0 aromatic carbocycles. The molecule has 146 valence electrons. The Morgan fingerprint density at radius 1 is 1.08 bits per heavy atom. The predicted molar refractivity (Wildman–Crippen MR) is 106 cm³/mol. The van der Waals surface area contributed by atoms with E-state index in [0.717, 1.165) is 31.7 Å². The van der Waals surface area contributed by atoms with Crippen molar-refractivity contribution in [2.24, 2.45) is 11.8 Å². The van der Waals surface area contributed by atoms with Gasteiger partial charge >= 0.3 is 0 Å². The van der Waals surface area contributed by atoms with Gasteiger partial charge in [-0.2, -0.15) is 0 Å². The molecule has 3 saturated heterocycles. The number of likely N-dealkylation sites (tertiary alicyclic amines) is 2. The fourth-order valence-electron chi connectivity index (χ4n) is 5.71. The van der Waals surface area contributed by atoms with Crippen molar-refractivity contribution in [1.82, 2.24) is 15.1 Å². The molecule has 0 aromatic rings. The maximum Gasteiger partial charge on any atom is 0.222 e. The Kier molecular flexibility index (Phi) is 6.31. The van der Waals surface area contributed by atoms with Crippen LogP contribution in [-0.4, -0.2) is 61.0 Å². The predicted octanol–water partition coefficient (Wildman–Crippen LogP) is 3.19. The van der Waals surface area contributed by atoms with Crippen LogP contribution in [-0.2, 0) is 4.79 Å². The van der Waals surface area contributed by atoms with Gasteiger partial charge in [-0.05, 0) is 82.7 Å². The first-order chi connectivity index (χ1) is 12.8. The number of carbonyl (C=O) groups is 1. The lowest BCUT2D eigenvalue weighted by atomic mass is 9.82. The summed E-state index contributed by atoms with van der Waals surface area (Å²) >= 11 is 0. The van der Waals surface area contributed by atoms with Crippen LogP contribution < -0.4 is 5.32 Å². The van der Waals surface area contributed by atoms with E-state index in [2.05, 4.69) is 21.2 Å². The number of hydrogen-bond acceptors (Lipinski definition) is 3. The Balaban J connectivity index is 1.30. The SMILES string of the molecule is O=C1CC[C@@H]2CN(CC3CCNCC3)CC[C@@H]2N1CCC1=CCCCC1. The molecular formula is C22H37N3O. The van der Waals surface area contributed by atoms with Crippen molar-refractivity contribution < 1.29 is 4.79 Å². The van der Waals surface area contributed by atoms with Crippen molar-refractivity contribution in [3.63, 3.8) is 0 Å². The monoisotopic (exact) mass is 359 g/mol. The molecule has 0 spiro atoms. The molecule has 2 atom stereocenters. The molecule has 0 radical (unpaired) electrons. The third-order valence-corrected chi connectivity index (χ3v) is 7.26. The van der Waals surface area contributed by atoms with Crippen molar-refractivity contribution in [2.75, 3.05) is 39.3 Å². The van der Waals surface area contributed by atoms with Crippen LogP contribution >= 0.6 is 0 Å². The largest absolute Gasteiger partial charge is 0.339 e. The molecular weight excluding hydrogens is 322 g/mol. The highest BCUT2D eigenvalue weighted by molar-refractivity contribution is 5.77. The number of rotatable bonds is 5. The third kappa shape index (κ3) is 4.51. The van der Waals surface area contributed by atoms with E-state index in [-0.39, 0.29) is 0 Å². The molecule has 0 saturated carbocycles. The van der Waals surface area contributed by atoms with Crippen LogP contribution in [0.5, 0.6) is 0 Å². The summed E-state index contributed by atoms with van der Waals surface area (Å²) in [6.45, 7) is 7.07. The summed E-state index contributed by atoms with van der Waals surface area (Å²) in [5.74, 6) is 2.02. The molecule has 3 aliphatic heterocycles. The van der Waals surface area contributed by atoms with Crippen LogP contribution in [0.15, 0.2) is 11.6 Å². The number of amides is 1. The Hall–Kier alpha value is -0.870. The van der Waals surface area contributed by atoms with E-state index < -0.39 is 0 Å². The van der Waals surface area contributed by atoms with Crippen LogP contribution in [0.4, 0.5) is 0 Å². The van der Waals surface area contributed by atoms with Crippen LogP contribution in [0.1, 0.15) is 64.2 Å². The zero-order chi connectivity index (χ0) is 17.8. The van der Waals surface area contributed by atoms with E-state index in [1.54, 1.807) is 5.57 Å². The first-order valence-corrected chi connectivity index (χ1v) is 11.2. The Morgan fingerprint density at radius 2 is 1.96 bits per heavy atom. The van der Waals surface area contributed by atoms with E-state index in [1.807, 2.05) is 0 Å². The molecule has 1 N–H and O–H groups in total. The summed E-state index contributed by atoms with van der Waals surface area (Å²) in [6, 6.07) is 0.518. The lowest BCUT2D eigenvalue weighted by Gasteiger charge is -2.48.